The Morgan fingerprint density at radius 2 is 2.15 bits per heavy atom. The minimum atomic E-state index is -0.582. The Morgan fingerprint density at radius 3 is 2.77 bits per heavy atom. The molecule has 4 heteroatoms. The van der Waals surface area contributed by atoms with Crippen LogP contribution >= 0.6 is 11.3 Å². The first kappa shape index (κ1) is 8.34. The van der Waals surface area contributed by atoms with Crippen LogP contribution in [0, 0.1) is 0 Å². The van der Waals surface area contributed by atoms with Crippen LogP contribution in [0.4, 0.5) is 0 Å². The highest BCUT2D eigenvalue weighted by atomic mass is 32.1. The van der Waals surface area contributed by atoms with E-state index in [4.69, 9.17) is 0 Å². The molecular weight excluding hydrogens is 184 g/mol. The van der Waals surface area contributed by atoms with Crippen molar-refractivity contribution in [1.29, 1.82) is 0 Å². The largest absolute Gasteiger partial charge is 0.384 e. The lowest BCUT2D eigenvalue weighted by Crippen LogP contribution is -1.98. The average molecular weight is 192 g/mol. The molecule has 3 nitrogen and oxygen atoms in total. The summed E-state index contributed by atoms with van der Waals surface area (Å²) in [5.74, 6) is 0. The fourth-order valence-electron chi connectivity index (χ4n) is 1.09. The summed E-state index contributed by atoms with van der Waals surface area (Å²) in [7, 11) is 0. The van der Waals surface area contributed by atoms with Gasteiger partial charge in [0.15, 0.2) is 0 Å². The summed E-state index contributed by atoms with van der Waals surface area (Å²) in [5.41, 5.74) is 1.67. The van der Waals surface area contributed by atoms with Crippen molar-refractivity contribution in [2.24, 2.45) is 0 Å². The molecule has 0 radical (unpaired) electrons. The molecule has 0 amide bonds. The lowest BCUT2D eigenvalue weighted by Gasteiger charge is -2.06. The van der Waals surface area contributed by atoms with Gasteiger partial charge in [0, 0.05) is 11.8 Å². The zero-order chi connectivity index (χ0) is 9.10. The molecular formula is C9H8N2OS. The maximum Gasteiger partial charge on any atom is 0.106 e. The highest BCUT2D eigenvalue weighted by molar-refractivity contribution is 7.07. The summed E-state index contributed by atoms with van der Waals surface area (Å²) in [6.07, 6.45) is 2.56. The van der Waals surface area contributed by atoms with Gasteiger partial charge in [-0.15, -0.1) is 0 Å². The fourth-order valence-corrected chi connectivity index (χ4v) is 1.76. The van der Waals surface area contributed by atoms with Crippen molar-refractivity contribution >= 4 is 11.3 Å². The van der Waals surface area contributed by atoms with Crippen molar-refractivity contribution in [3.05, 3.63) is 46.4 Å². The standard InChI is InChI=1S/C9H8N2OS/c12-9(8-2-4-13-6-8)7-1-3-10-11-5-7/h1-6,9,12H. The van der Waals surface area contributed by atoms with Crippen molar-refractivity contribution in [3.8, 4) is 0 Å². The zero-order valence-corrected chi connectivity index (χ0v) is 7.61. The fraction of sp³-hybridized carbons (Fsp3) is 0.111. The van der Waals surface area contributed by atoms with E-state index in [1.54, 1.807) is 29.8 Å². The van der Waals surface area contributed by atoms with E-state index >= 15 is 0 Å². The molecule has 2 heterocycles. The smallest absolute Gasteiger partial charge is 0.106 e. The van der Waals surface area contributed by atoms with Gasteiger partial charge < -0.3 is 5.11 Å². The van der Waals surface area contributed by atoms with Crippen molar-refractivity contribution in [2.75, 3.05) is 0 Å². The third-order valence-electron chi connectivity index (χ3n) is 1.78. The molecule has 1 N–H and O–H groups in total. The maximum absolute atomic E-state index is 9.82. The maximum atomic E-state index is 9.82. The normalized spacial score (nSPS) is 12.7. The number of hydrogen-bond donors (Lipinski definition) is 1. The van der Waals surface area contributed by atoms with Gasteiger partial charge in [0.25, 0.3) is 0 Å². The Kier molecular flexibility index (Phi) is 2.33. The Labute approximate surface area is 79.7 Å². The molecule has 2 aromatic rings. The van der Waals surface area contributed by atoms with Crippen LogP contribution in [-0.2, 0) is 0 Å². The summed E-state index contributed by atoms with van der Waals surface area (Å²) < 4.78 is 0. The number of aliphatic hydroxyl groups excluding tert-OH is 1. The molecule has 2 rings (SSSR count). The van der Waals surface area contributed by atoms with Crippen molar-refractivity contribution in [1.82, 2.24) is 10.2 Å². The van der Waals surface area contributed by atoms with E-state index < -0.39 is 6.10 Å². The van der Waals surface area contributed by atoms with E-state index in [-0.39, 0.29) is 0 Å². The first-order valence-corrected chi connectivity index (χ1v) is 4.79. The Bertz CT molecular complexity index is 360. The van der Waals surface area contributed by atoms with Gasteiger partial charge in [0.2, 0.25) is 0 Å². The molecule has 0 aliphatic heterocycles. The van der Waals surface area contributed by atoms with Gasteiger partial charge in [-0.1, -0.05) is 0 Å². The van der Waals surface area contributed by atoms with Gasteiger partial charge in [-0.2, -0.15) is 21.5 Å². The summed E-state index contributed by atoms with van der Waals surface area (Å²) in [5, 5.41) is 21.0. The SMILES string of the molecule is OC(c1ccnnc1)c1ccsc1. The highest BCUT2D eigenvalue weighted by Gasteiger charge is 2.09. The molecule has 1 atom stereocenters. The molecule has 0 aliphatic carbocycles. The van der Waals surface area contributed by atoms with Crippen LogP contribution in [0.15, 0.2) is 35.3 Å². The van der Waals surface area contributed by atoms with Crippen LogP contribution in [0.2, 0.25) is 0 Å². The van der Waals surface area contributed by atoms with Crippen molar-refractivity contribution in [2.45, 2.75) is 6.10 Å². The van der Waals surface area contributed by atoms with E-state index in [1.165, 1.54) is 0 Å². The second-order valence-corrected chi connectivity index (χ2v) is 3.42. The Hall–Kier alpha value is -1.26. The van der Waals surface area contributed by atoms with Crippen molar-refractivity contribution < 1.29 is 5.11 Å². The molecule has 0 aromatic carbocycles. The lowest BCUT2D eigenvalue weighted by molar-refractivity contribution is 0.220. The molecule has 66 valence electrons. The minimum absolute atomic E-state index is 0.582. The van der Waals surface area contributed by atoms with E-state index in [1.807, 2.05) is 16.8 Å². The number of nitrogens with zero attached hydrogens (tertiary/aromatic N) is 2. The quantitative estimate of drug-likeness (QED) is 0.786. The first-order chi connectivity index (χ1) is 6.38. The molecule has 0 bridgehead atoms. The van der Waals surface area contributed by atoms with Crippen LogP contribution in [0.25, 0.3) is 0 Å². The minimum Gasteiger partial charge on any atom is -0.384 e. The van der Waals surface area contributed by atoms with E-state index in [9.17, 15) is 5.11 Å². The number of aromatic nitrogens is 2. The third kappa shape index (κ3) is 1.74. The Morgan fingerprint density at radius 1 is 1.23 bits per heavy atom. The predicted molar refractivity (Wildman–Crippen MR) is 50.4 cm³/mol. The van der Waals surface area contributed by atoms with Crippen molar-refractivity contribution in [3.63, 3.8) is 0 Å². The van der Waals surface area contributed by atoms with Gasteiger partial charge in [-0.25, -0.2) is 0 Å². The summed E-state index contributed by atoms with van der Waals surface area (Å²) in [6.45, 7) is 0. The van der Waals surface area contributed by atoms with Crippen LogP contribution in [0.1, 0.15) is 17.2 Å². The molecule has 13 heavy (non-hydrogen) atoms. The molecule has 2 aromatic heterocycles. The van der Waals surface area contributed by atoms with Gasteiger partial charge in [-0.05, 0) is 28.5 Å². The molecule has 0 saturated carbocycles. The van der Waals surface area contributed by atoms with E-state index in [0.717, 1.165) is 11.1 Å². The third-order valence-corrected chi connectivity index (χ3v) is 2.48. The van der Waals surface area contributed by atoms with Crippen LogP contribution < -0.4 is 0 Å². The van der Waals surface area contributed by atoms with Gasteiger partial charge in [0.05, 0.1) is 6.20 Å². The van der Waals surface area contributed by atoms with Gasteiger partial charge in [0.1, 0.15) is 6.10 Å². The monoisotopic (exact) mass is 192 g/mol. The number of hydrogen-bond acceptors (Lipinski definition) is 4. The molecule has 0 fully saturated rings. The molecule has 1 unspecified atom stereocenters. The second kappa shape index (κ2) is 3.64. The summed E-state index contributed by atoms with van der Waals surface area (Å²) in [6, 6.07) is 3.66. The number of rotatable bonds is 2. The van der Waals surface area contributed by atoms with Gasteiger partial charge >= 0.3 is 0 Å². The molecule has 0 aliphatic rings. The number of thiophene rings is 1. The van der Waals surface area contributed by atoms with Gasteiger partial charge in [-0.3, -0.25) is 0 Å². The molecule has 0 saturated heterocycles. The zero-order valence-electron chi connectivity index (χ0n) is 6.79. The average Bonchev–Trinajstić information content (AvgIpc) is 2.71. The summed E-state index contributed by atoms with van der Waals surface area (Å²) >= 11 is 1.57. The first-order valence-electron chi connectivity index (χ1n) is 3.84. The van der Waals surface area contributed by atoms with Crippen LogP contribution in [0.3, 0.4) is 0 Å². The van der Waals surface area contributed by atoms with Crippen LogP contribution in [0.5, 0.6) is 0 Å². The van der Waals surface area contributed by atoms with E-state index in [2.05, 4.69) is 10.2 Å². The summed E-state index contributed by atoms with van der Waals surface area (Å²) in [4.78, 5) is 0. The second-order valence-electron chi connectivity index (χ2n) is 2.63. The Balaban J connectivity index is 2.29. The number of aliphatic hydroxyl groups is 1. The highest BCUT2D eigenvalue weighted by Crippen LogP contribution is 2.22. The van der Waals surface area contributed by atoms with Crippen LogP contribution in [-0.4, -0.2) is 15.3 Å². The lowest BCUT2D eigenvalue weighted by atomic mass is 10.1. The predicted octanol–water partition coefficient (Wildman–Crippen LogP) is 1.62. The topological polar surface area (TPSA) is 46.0 Å². The van der Waals surface area contributed by atoms with E-state index in [0.29, 0.717) is 0 Å². The molecule has 0 spiro atoms.